The number of benzene rings is 1. The molecule has 0 spiro atoms. The Morgan fingerprint density at radius 2 is 1.56 bits per heavy atom. The van der Waals surface area contributed by atoms with Gasteiger partial charge in [0.15, 0.2) is 0 Å². The molecule has 0 aliphatic rings. The zero-order valence-electron chi connectivity index (χ0n) is 8.88. The van der Waals surface area contributed by atoms with Gasteiger partial charge in [-0.2, -0.15) is 0 Å². The Hall–Kier alpha value is -2.09. The summed E-state index contributed by atoms with van der Waals surface area (Å²) in [5, 5.41) is 8.57. The van der Waals surface area contributed by atoms with E-state index in [9.17, 15) is 0 Å². The van der Waals surface area contributed by atoms with Crippen LogP contribution in [0, 0.1) is 0 Å². The van der Waals surface area contributed by atoms with E-state index in [2.05, 4.69) is 29.2 Å². The number of pyridine rings is 1. The fraction of sp³-hybridized carbons (Fsp3) is 0.0714. The Morgan fingerprint density at radius 1 is 0.938 bits per heavy atom. The number of rotatable bonds is 3. The Labute approximate surface area is 94.9 Å². The van der Waals surface area contributed by atoms with Crippen molar-refractivity contribution in [3.63, 3.8) is 0 Å². The number of hydrogen-bond acceptors (Lipinski definition) is 2. The smallest absolute Gasteiger partial charge is 0.0755 e. The molecule has 0 aliphatic heterocycles. The van der Waals surface area contributed by atoms with Crippen LogP contribution in [-0.4, -0.2) is 10.1 Å². The molecule has 0 atom stereocenters. The molecule has 0 unspecified atom stereocenters. The van der Waals surface area contributed by atoms with Crippen LogP contribution in [-0.2, 0) is 6.42 Å². The normalized spacial score (nSPS) is 10.8. The number of nitrogens with zero attached hydrogens (tertiary/aromatic N) is 1. The summed E-state index contributed by atoms with van der Waals surface area (Å²) in [6, 6.07) is 12.3. The summed E-state index contributed by atoms with van der Waals surface area (Å²) in [5.41, 5.74) is 3.53. The lowest BCUT2D eigenvalue weighted by Gasteiger charge is -2.02. The quantitative estimate of drug-likeness (QED) is 0.789. The molecule has 0 aliphatic carbocycles. The molecule has 80 valence electrons. The predicted molar refractivity (Wildman–Crippen MR) is 65.1 cm³/mol. The second-order valence-electron chi connectivity index (χ2n) is 3.52. The van der Waals surface area contributed by atoms with Gasteiger partial charge in [-0.25, -0.2) is 0 Å². The van der Waals surface area contributed by atoms with Crippen LogP contribution in [0.15, 0.2) is 61.1 Å². The van der Waals surface area contributed by atoms with E-state index in [0.29, 0.717) is 0 Å². The van der Waals surface area contributed by atoms with Crippen molar-refractivity contribution < 1.29 is 5.11 Å². The lowest BCUT2D eigenvalue weighted by atomic mass is 10.0. The Balaban J connectivity index is 2.20. The van der Waals surface area contributed by atoms with Crippen molar-refractivity contribution in [3.05, 3.63) is 66.7 Å². The SMILES string of the molecule is O/C=C/Cc1ccc(-c2ccncc2)cc1. The Bertz CT molecular complexity index is 460. The summed E-state index contributed by atoms with van der Waals surface area (Å²) in [7, 11) is 0. The summed E-state index contributed by atoms with van der Waals surface area (Å²) < 4.78 is 0. The number of allylic oxidation sites excluding steroid dienone is 1. The molecule has 0 amide bonds. The average molecular weight is 211 g/mol. The zero-order chi connectivity index (χ0) is 11.2. The van der Waals surface area contributed by atoms with E-state index in [1.165, 1.54) is 16.7 Å². The summed E-state index contributed by atoms with van der Waals surface area (Å²) >= 11 is 0. The van der Waals surface area contributed by atoms with Gasteiger partial charge in [-0.1, -0.05) is 24.3 Å². The monoisotopic (exact) mass is 211 g/mol. The van der Waals surface area contributed by atoms with Crippen LogP contribution in [0.5, 0.6) is 0 Å². The third kappa shape index (κ3) is 2.48. The lowest BCUT2D eigenvalue weighted by molar-refractivity contribution is 0.471. The second-order valence-corrected chi connectivity index (χ2v) is 3.52. The molecule has 1 aromatic carbocycles. The molecule has 2 aromatic rings. The van der Waals surface area contributed by atoms with Crippen LogP contribution in [0.1, 0.15) is 5.56 Å². The van der Waals surface area contributed by atoms with E-state index in [1.807, 2.05) is 12.1 Å². The highest BCUT2D eigenvalue weighted by Crippen LogP contribution is 2.18. The zero-order valence-corrected chi connectivity index (χ0v) is 8.88. The van der Waals surface area contributed by atoms with Gasteiger partial charge in [0.2, 0.25) is 0 Å². The first-order valence-electron chi connectivity index (χ1n) is 5.19. The van der Waals surface area contributed by atoms with Crippen LogP contribution in [0.3, 0.4) is 0 Å². The maximum absolute atomic E-state index is 8.57. The number of aliphatic hydroxyl groups excluding tert-OH is 1. The highest BCUT2D eigenvalue weighted by atomic mass is 16.2. The molecule has 0 radical (unpaired) electrons. The molecule has 2 rings (SSSR count). The van der Waals surface area contributed by atoms with Crippen molar-refractivity contribution in [2.45, 2.75) is 6.42 Å². The van der Waals surface area contributed by atoms with Gasteiger partial charge in [0, 0.05) is 12.4 Å². The van der Waals surface area contributed by atoms with Crippen molar-refractivity contribution in [2.75, 3.05) is 0 Å². The summed E-state index contributed by atoms with van der Waals surface area (Å²) in [5.74, 6) is 0. The molecule has 0 bridgehead atoms. The van der Waals surface area contributed by atoms with Crippen molar-refractivity contribution in [2.24, 2.45) is 0 Å². The highest BCUT2D eigenvalue weighted by molar-refractivity contribution is 5.62. The molecule has 0 saturated heterocycles. The van der Waals surface area contributed by atoms with E-state index in [4.69, 9.17) is 5.11 Å². The summed E-state index contributed by atoms with van der Waals surface area (Å²) in [4.78, 5) is 3.99. The van der Waals surface area contributed by atoms with Crippen molar-refractivity contribution in [1.82, 2.24) is 4.98 Å². The fourth-order valence-corrected chi connectivity index (χ4v) is 1.57. The second kappa shape index (κ2) is 5.12. The number of aliphatic hydroxyl groups is 1. The van der Waals surface area contributed by atoms with E-state index >= 15 is 0 Å². The minimum atomic E-state index is 0.757. The van der Waals surface area contributed by atoms with Crippen LogP contribution < -0.4 is 0 Å². The van der Waals surface area contributed by atoms with Gasteiger partial charge in [0.1, 0.15) is 0 Å². The van der Waals surface area contributed by atoms with Gasteiger partial charge >= 0.3 is 0 Å². The average Bonchev–Trinajstić information content (AvgIpc) is 2.38. The van der Waals surface area contributed by atoms with E-state index in [0.717, 1.165) is 12.7 Å². The summed E-state index contributed by atoms with van der Waals surface area (Å²) in [6.45, 7) is 0. The molecule has 2 heteroatoms. The molecule has 1 heterocycles. The van der Waals surface area contributed by atoms with E-state index in [1.54, 1.807) is 18.5 Å². The minimum absolute atomic E-state index is 0.757. The van der Waals surface area contributed by atoms with Crippen molar-refractivity contribution in [1.29, 1.82) is 0 Å². The highest BCUT2D eigenvalue weighted by Gasteiger charge is 1.96. The molecular formula is C14H13NO. The third-order valence-corrected chi connectivity index (χ3v) is 2.43. The maximum atomic E-state index is 8.57. The molecule has 2 nitrogen and oxygen atoms in total. The first-order valence-corrected chi connectivity index (χ1v) is 5.19. The van der Waals surface area contributed by atoms with Crippen LogP contribution in [0.4, 0.5) is 0 Å². The molecule has 1 aromatic heterocycles. The Morgan fingerprint density at radius 3 is 2.19 bits per heavy atom. The van der Waals surface area contributed by atoms with E-state index in [-0.39, 0.29) is 0 Å². The standard InChI is InChI=1S/C14H13NO/c16-11-1-2-12-3-5-13(6-4-12)14-7-9-15-10-8-14/h1,3-11,16H,2H2/b11-1+. The third-order valence-electron chi connectivity index (χ3n) is 2.43. The van der Waals surface area contributed by atoms with Crippen LogP contribution in [0.25, 0.3) is 11.1 Å². The lowest BCUT2D eigenvalue weighted by Crippen LogP contribution is -1.82. The van der Waals surface area contributed by atoms with Crippen LogP contribution >= 0.6 is 0 Å². The minimum Gasteiger partial charge on any atom is -0.516 e. The molecule has 1 N–H and O–H groups in total. The Kier molecular flexibility index (Phi) is 3.34. The van der Waals surface area contributed by atoms with E-state index < -0.39 is 0 Å². The van der Waals surface area contributed by atoms with Crippen LogP contribution in [0.2, 0.25) is 0 Å². The number of aromatic nitrogens is 1. The van der Waals surface area contributed by atoms with Gasteiger partial charge in [0.25, 0.3) is 0 Å². The molecular weight excluding hydrogens is 198 g/mol. The topological polar surface area (TPSA) is 33.1 Å². The molecule has 0 fully saturated rings. The fourth-order valence-electron chi connectivity index (χ4n) is 1.57. The van der Waals surface area contributed by atoms with Gasteiger partial charge in [-0.15, -0.1) is 0 Å². The van der Waals surface area contributed by atoms with Gasteiger partial charge in [-0.3, -0.25) is 4.98 Å². The van der Waals surface area contributed by atoms with Gasteiger partial charge in [-0.05, 0) is 41.3 Å². The molecule has 0 saturated carbocycles. The predicted octanol–water partition coefficient (Wildman–Crippen LogP) is 3.36. The van der Waals surface area contributed by atoms with Gasteiger partial charge in [0.05, 0.1) is 6.26 Å². The largest absolute Gasteiger partial charge is 0.516 e. The first kappa shape index (κ1) is 10.4. The van der Waals surface area contributed by atoms with Crippen molar-refractivity contribution >= 4 is 0 Å². The van der Waals surface area contributed by atoms with Crippen molar-refractivity contribution in [3.8, 4) is 11.1 Å². The summed E-state index contributed by atoms with van der Waals surface area (Å²) in [6.07, 6.45) is 7.14. The number of hydrogen-bond donors (Lipinski definition) is 1. The van der Waals surface area contributed by atoms with Gasteiger partial charge < -0.3 is 5.11 Å². The maximum Gasteiger partial charge on any atom is 0.0755 e. The first-order chi connectivity index (χ1) is 7.90. The molecule has 16 heavy (non-hydrogen) atoms.